The van der Waals surface area contributed by atoms with Crippen molar-refractivity contribution in [3.8, 4) is 11.8 Å². The molecule has 2 atom stereocenters. The van der Waals surface area contributed by atoms with Crippen molar-refractivity contribution in [3.63, 3.8) is 0 Å². The van der Waals surface area contributed by atoms with Crippen LogP contribution >= 0.6 is 23.8 Å². The van der Waals surface area contributed by atoms with Gasteiger partial charge < -0.3 is 25.6 Å². The number of aryl methyl sites for hydroxylation is 1. The molecule has 0 spiro atoms. The van der Waals surface area contributed by atoms with Gasteiger partial charge in [0, 0.05) is 47.6 Å². The van der Waals surface area contributed by atoms with Gasteiger partial charge in [-0.3, -0.25) is 34.3 Å². The third-order valence-electron chi connectivity index (χ3n) is 9.51. The molecule has 2 saturated heterocycles. The molecule has 2 aliphatic heterocycles. The number of hydrogen-bond acceptors (Lipinski definition) is 11. The number of halogens is 4. The average molecular weight is 842 g/mol. The minimum Gasteiger partial charge on any atom is -0.492 e. The molecular formula is C39H43ClF3N9O5S. The molecule has 4 N–H and O–H groups in total. The van der Waals surface area contributed by atoms with Gasteiger partial charge in [-0.1, -0.05) is 18.5 Å². The number of amides is 4. The van der Waals surface area contributed by atoms with Gasteiger partial charge in [0.1, 0.15) is 30.0 Å². The van der Waals surface area contributed by atoms with Gasteiger partial charge in [0.25, 0.3) is 5.91 Å². The van der Waals surface area contributed by atoms with E-state index in [1.165, 1.54) is 6.07 Å². The van der Waals surface area contributed by atoms with Crippen molar-refractivity contribution in [1.29, 1.82) is 5.26 Å². The summed E-state index contributed by atoms with van der Waals surface area (Å²) in [6.45, 7) is 8.60. The van der Waals surface area contributed by atoms with Crippen LogP contribution in [0.15, 0.2) is 48.7 Å². The Hall–Kier alpha value is -5.35. The molecule has 2 aromatic carbocycles. The lowest BCUT2D eigenvalue weighted by Crippen LogP contribution is -2.47. The summed E-state index contributed by atoms with van der Waals surface area (Å²) in [6, 6.07) is 11.8. The van der Waals surface area contributed by atoms with E-state index in [1.54, 1.807) is 49.1 Å². The fraction of sp³-hybridized carbons (Fsp3) is 0.410. The first-order chi connectivity index (χ1) is 27.3. The normalized spacial score (nSPS) is 17.3. The third kappa shape index (κ3) is 10.2. The second-order valence-corrected chi connectivity index (χ2v) is 15.3. The van der Waals surface area contributed by atoms with Gasteiger partial charge in [-0.2, -0.15) is 18.4 Å². The summed E-state index contributed by atoms with van der Waals surface area (Å²) in [6.07, 6.45) is -2.70. The average Bonchev–Trinajstić information content (AvgIpc) is 3.32. The van der Waals surface area contributed by atoms with E-state index in [1.807, 2.05) is 31.9 Å². The number of rotatable bonds is 15. The summed E-state index contributed by atoms with van der Waals surface area (Å²) in [7, 11) is 1.82. The lowest BCUT2D eigenvalue weighted by molar-refractivity contribution is -0.138. The van der Waals surface area contributed by atoms with Crippen molar-refractivity contribution < 1.29 is 37.1 Å². The Morgan fingerprint density at radius 2 is 1.90 bits per heavy atom. The Kier molecular flexibility index (Phi) is 13.6. The van der Waals surface area contributed by atoms with Crippen LogP contribution in [0.4, 0.5) is 35.9 Å². The van der Waals surface area contributed by atoms with E-state index in [2.05, 4.69) is 26.3 Å². The number of pyridine rings is 1. The number of aromatic nitrogens is 1. The molecule has 3 heterocycles. The molecule has 2 aliphatic rings. The number of carbonyl (C=O) groups is 4. The third-order valence-corrected chi connectivity index (χ3v) is 10.1. The lowest BCUT2D eigenvalue weighted by Gasteiger charge is -2.30. The van der Waals surface area contributed by atoms with E-state index in [4.69, 9.17) is 33.8 Å². The summed E-state index contributed by atoms with van der Waals surface area (Å²) >= 11 is 11.9. The van der Waals surface area contributed by atoms with Gasteiger partial charge in [0.2, 0.25) is 17.7 Å². The maximum Gasteiger partial charge on any atom is 0.419 e. The zero-order valence-electron chi connectivity index (χ0n) is 32.4. The topological polar surface area (TPSA) is 172 Å². The second kappa shape index (κ2) is 18.1. The molecule has 0 bridgehead atoms. The number of anilines is 4. The first kappa shape index (κ1) is 43.8. The van der Waals surface area contributed by atoms with Crippen LogP contribution in [0.25, 0.3) is 0 Å². The van der Waals surface area contributed by atoms with Gasteiger partial charge in [0.05, 0.1) is 24.0 Å². The summed E-state index contributed by atoms with van der Waals surface area (Å²) in [5.41, 5.74) is -1.18. The second-order valence-electron chi connectivity index (χ2n) is 14.5. The Balaban J connectivity index is 1.12. The van der Waals surface area contributed by atoms with Crippen molar-refractivity contribution in [1.82, 2.24) is 20.5 Å². The number of carbonyl (C=O) groups excluding carboxylic acids is 4. The van der Waals surface area contributed by atoms with Gasteiger partial charge >= 0.3 is 6.18 Å². The predicted molar refractivity (Wildman–Crippen MR) is 217 cm³/mol. The number of thiocarbonyl (C=S) groups is 1. The molecule has 1 aromatic heterocycles. The van der Waals surface area contributed by atoms with Gasteiger partial charge in [-0.05, 0) is 101 Å². The Morgan fingerprint density at radius 1 is 1.17 bits per heavy atom. The van der Waals surface area contributed by atoms with Crippen LogP contribution in [0.3, 0.4) is 0 Å². The number of likely N-dealkylation sites (N-methyl/N-ethyl adjacent to an activating group) is 1. The molecule has 5 rings (SSSR count). The number of imide groups is 1. The van der Waals surface area contributed by atoms with E-state index in [0.717, 1.165) is 16.7 Å². The largest absolute Gasteiger partial charge is 0.492 e. The van der Waals surface area contributed by atoms with E-state index < -0.39 is 40.8 Å². The molecule has 0 saturated carbocycles. The summed E-state index contributed by atoms with van der Waals surface area (Å²) in [5.74, 6) is -0.943. The van der Waals surface area contributed by atoms with Crippen LogP contribution in [0, 0.1) is 11.3 Å². The van der Waals surface area contributed by atoms with Crippen LogP contribution in [0.2, 0.25) is 5.02 Å². The minimum absolute atomic E-state index is 0.0117. The van der Waals surface area contributed by atoms with Gasteiger partial charge in [-0.25, -0.2) is 4.98 Å². The number of alkyl halides is 3. The van der Waals surface area contributed by atoms with Crippen LogP contribution < -0.4 is 35.8 Å². The fourth-order valence-electron chi connectivity index (χ4n) is 6.75. The molecule has 14 nitrogen and oxygen atoms in total. The van der Waals surface area contributed by atoms with E-state index in [0.29, 0.717) is 66.4 Å². The molecule has 19 heteroatoms. The van der Waals surface area contributed by atoms with E-state index in [9.17, 15) is 32.3 Å². The zero-order chi connectivity index (χ0) is 42.5. The number of nitriles is 1. The van der Waals surface area contributed by atoms with Gasteiger partial charge in [-0.15, -0.1) is 0 Å². The Morgan fingerprint density at radius 3 is 2.57 bits per heavy atom. The number of benzene rings is 2. The first-order valence-electron chi connectivity index (χ1n) is 18.4. The van der Waals surface area contributed by atoms with Crippen molar-refractivity contribution >= 4 is 75.3 Å². The van der Waals surface area contributed by atoms with Crippen molar-refractivity contribution in [2.24, 2.45) is 0 Å². The maximum absolute atomic E-state index is 13.7. The summed E-state index contributed by atoms with van der Waals surface area (Å²) in [5, 5.41) is 21.1. The number of nitrogens with one attached hydrogen (secondary N) is 4. The number of nitrogens with zero attached hydrogens (tertiary/aromatic N) is 5. The Bertz CT molecular complexity index is 2150. The first-order valence-corrected chi connectivity index (χ1v) is 19.1. The van der Waals surface area contributed by atoms with Gasteiger partial charge in [0.15, 0.2) is 10.8 Å². The van der Waals surface area contributed by atoms with E-state index >= 15 is 0 Å². The quantitative estimate of drug-likeness (QED) is 0.0892. The maximum atomic E-state index is 13.7. The van der Waals surface area contributed by atoms with E-state index in [-0.39, 0.29) is 41.6 Å². The fourth-order valence-corrected chi connectivity index (χ4v) is 7.50. The highest BCUT2D eigenvalue weighted by Crippen LogP contribution is 2.40. The van der Waals surface area contributed by atoms with Crippen molar-refractivity contribution in [2.75, 3.05) is 53.7 Å². The zero-order valence-corrected chi connectivity index (χ0v) is 34.0. The molecule has 4 amide bonds. The molecule has 0 radical (unpaired) electrons. The smallest absolute Gasteiger partial charge is 0.419 e. The molecular weight excluding hydrogens is 799 g/mol. The number of hydrogen-bond donors (Lipinski definition) is 4. The standard InChI is InChI=1S/C39H43ClF3N9O5S/c1-6-23-13-27(52-37(58)51(36(56)38(52,3)4)28-17-29(39(41,42)43)31(18-44)46-19-28)7-9-32(23)57-12-11-45-22(2)20-50(5)21-34(54)48-26-15-24(40)14-25(16-26)47-30-8-10-33(53)49-35(30)55/h7,9,13-17,19,22,30,45,47H,6,8,10-12,20-21H2,1-5H3,(H,48,54)(H,49,53,55)/t22-,30?/m0/s1. The van der Waals surface area contributed by atoms with Crippen molar-refractivity contribution in [2.45, 2.75) is 70.8 Å². The number of ether oxygens (including phenoxy) is 1. The molecule has 0 aliphatic carbocycles. The Labute approximate surface area is 344 Å². The number of piperidine rings is 1. The predicted octanol–water partition coefficient (Wildman–Crippen LogP) is 5.25. The van der Waals surface area contributed by atoms with Crippen LogP contribution in [-0.2, 0) is 31.8 Å². The highest BCUT2D eigenvalue weighted by atomic mass is 35.5. The molecule has 58 heavy (non-hydrogen) atoms. The highest BCUT2D eigenvalue weighted by Gasteiger charge is 2.51. The minimum atomic E-state index is -4.87. The lowest BCUT2D eigenvalue weighted by atomic mass is 10.0. The van der Waals surface area contributed by atoms with Crippen LogP contribution in [0.5, 0.6) is 5.75 Å². The van der Waals surface area contributed by atoms with Crippen molar-refractivity contribution in [3.05, 3.63) is 70.5 Å². The molecule has 1 unspecified atom stereocenters. The van der Waals surface area contributed by atoms with Crippen LogP contribution in [-0.4, -0.2) is 89.5 Å². The SMILES string of the molecule is CCc1cc(N2C(=S)N(c3cnc(C#N)c(C(F)(F)F)c3)C(=O)C2(C)C)ccc1OCCN[C@@H](C)CN(C)CC(=O)Nc1cc(Cl)cc(NC2CCC(=O)NC2=O)c1. The molecule has 2 fully saturated rings. The summed E-state index contributed by atoms with van der Waals surface area (Å²) in [4.78, 5) is 58.2. The molecule has 308 valence electrons. The summed E-state index contributed by atoms with van der Waals surface area (Å²) < 4.78 is 47.2. The molecule has 3 aromatic rings. The van der Waals surface area contributed by atoms with Crippen LogP contribution in [0.1, 0.15) is 57.4 Å². The monoisotopic (exact) mass is 841 g/mol. The highest BCUT2D eigenvalue weighted by molar-refractivity contribution is 7.81.